The minimum atomic E-state index is -0.313. The molecule has 5 nitrogen and oxygen atoms in total. The van der Waals surface area contributed by atoms with Crippen LogP contribution in [-0.4, -0.2) is 43.0 Å². The number of ether oxygens (including phenoxy) is 1. The van der Waals surface area contributed by atoms with E-state index in [1.165, 1.54) is 6.07 Å². The first-order valence-corrected chi connectivity index (χ1v) is 9.95. The highest BCUT2D eigenvalue weighted by atomic mass is 16.5. The van der Waals surface area contributed by atoms with Crippen molar-refractivity contribution in [3.8, 4) is 5.75 Å². The molecule has 0 spiro atoms. The Morgan fingerprint density at radius 3 is 2.27 bits per heavy atom. The number of anilines is 1. The molecule has 0 aromatic heterocycles. The van der Waals surface area contributed by atoms with Crippen LogP contribution in [0.25, 0.3) is 0 Å². The van der Waals surface area contributed by atoms with Crippen molar-refractivity contribution >= 4 is 17.3 Å². The van der Waals surface area contributed by atoms with E-state index in [9.17, 15) is 14.7 Å². The largest absolute Gasteiger partial charge is 0.507 e. The van der Waals surface area contributed by atoms with Crippen LogP contribution in [0.4, 0.5) is 5.69 Å². The zero-order valence-electron chi connectivity index (χ0n) is 16.8. The molecule has 0 bridgehead atoms. The van der Waals surface area contributed by atoms with Gasteiger partial charge in [0, 0.05) is 35.5 Å². The number of ketones is 2. The number of benzene rings is 3. The van der Waals surface area contributed by atoms with Gasteiger partial charge >= 0.3 is 0 Å². The van der Waals surface area contributed by atoms with Gasteiger partial charge in [0.25, 0.3) is 0 Å². The zero-order chi connectivity index (χ0) is 21.1. The first-order valence-electron chi connectivity index (χ1n) is 9.95. The van der Waals surface area contributed by atoms with E-state index in [0.29, 0.717) is 43.0 Å². The van der Waals surface area contributed by atoms with Gasteiger partial charge in [-0.05, 0) is 37.3 Å². The Bertz CT molecular complexity index is 1090. The number of morpholine rings is 1. The van der Waals surface area contributed by atoms with Crippen molar-refractivity contribution in [2.24, 2.45) is 0 Å². The molecule has 3 aromatic carbocycles. The minimum Gasteiger partial charge on any atom is -0.507 e. The van der Waals surface area contributed by atoms with E-state index >= 15 is 0 Å². The average Bonchev–Trinajstić information content (AvgIpc) is 2.80. The quantitative estimate of drug-likeness (QED) is 0.655. The fraction of sp³-hybridized carbons (Fsp3) is 0.200. The molecule has 0 unspecified atom stereocenters. The summed E-state index contributed by atoms with van der Waals surface area (Å²) in [5, 5.41) is 10.2. The van der Waals surface area contributed by atoms with Gasteiger partial charge in [0.1, 0.15) is 5.75 Å². The van der Waals surface area contributed by atoms with Crippen molar-refractivity contribution in [2.45, 2.75) is 6.92 Å². The van der Waals surface area contributed by atoms with E-state index in [1.807, 2.05) is 31.2 Å². The molecular formula is C25H23NO4. The Morgan fingerprint density at radius 2 is 1.53 bits per heavy atom. The van der Waals surface area contributed by atoms with Crippen LogP contribution in [0.1, 0.15) is 37.4 Å². The Morgan fingerprint density at radius 1 is 0.833 bits per heavy atom. The predicted octanol–water partition coefficient (Wildman–Crippen LogP) is 4.00. The smallest absolute Gasteiger partial charge is 0.196 e. The normalized spacial score (nSPS) is 13.8. The van der Waals surface area contributed by atoms with E-state index < -0.39 is 0 Å². The summed E-state index contributed by atoms with van der Waals surface area (Å²) >= 11 is 0. The van der Waals surface area contributed by atoms with Gasteiger partial charge in [-0.3, -0.25) is 9.59 Å². The summed E-state index contributed by atoms with van der Waals surface area (Å²) in [6.45, 7) is 4.41. The molecule has 30 heavy (non-hydrogen) atoms. The first kappa shape index (κ1) is 19.9. The van der Waals surface area contributed by atoms with Crippen molar-refractivity contribution in [1.29, 1.82) is 0 Å². The van der Waals surface area contributed by atoms with Crippen LogP contribution in [-0.2, 0) is 4.74 Å². The molecule has 3 aromatic rings. The van der Waals surface area contributed by atoms with Crippen LogP contribution in [0, 0.1) is 6.92 Å². The number of rotatable bonds is 5. The van der Waals surface area contributed by atoms with Crippen molar-refractivity contribution in [3.05, 3.63) is 94.5 Å². The summed E-state index contributed by atoms with van der Waals surface area (Å²) in [6.07, 6.45) is 0. The number of nitrogens with zero attached hydrogens (tertiary/aromatic N) is 1. The van der Waals surface area contributed by atoms with Gasteiger partial charge < -0.3 is 14.7 Å². The van der Waals surface area contributed by atoms with E-state index in [4.69, 9.17) is 4.74 Å². The molecule has 152 valence electrons. The second-order valence-corrected chi connectivity index (χ2v) is 7.38. The summed E-state index contributed by atoms with van der Waals surface area (Å²) in [5.74, 6) is -0.522. The van der Waals surface area contributed by atoms with Gasteiger partial charge in [-0.25, -0.2) is 0 Å². The molecule has 4 rings (SSSR count). The summed E-state index contributed by atoms with van der Waals surface area (Å²) in [4.78, 5) is 28.5. The highest BCUT2D eigenvalue weighted by Crippen LogP contribution is 2.28. The topological polar surface area (TPSA) is 66.8 Å². The SMILES string of the molecule is Cc1ccc(O)c(C(=O)c2ccc(N3CCOCC3)c(C(=O)c3ccccc3)c2)c1. The van der Waals surface area contributed by atoms with Crippen LogP contribution >= 0.6 is 0 Å². The third-order valence-electron chi connectivity index (χ3n) is 5.29. The van der Waals surface area contributed by atoms with Crippen LogP contribution in [0.2, 0.25) is 0 Å². The fourth-order valence-corrected chi connectivity index (χ4v) is 3.67. The molecule has 0 atom stereocenters. The predicted molar refractivity (Wildman–Crippen MR) is 116 cm³/mol. The van der Waals surface area contributed by atoms with E-state index in [1.54, 1.807) is 36.4 Å². The van der Waals surface area contributed by atoms with Crippen LogP contribution in [0.3, 0.4) is 0 Å². The third-order valence-corrected chi connectivity index (χ3v) is 5.29. The van der Waals surface area contributed by atoms with E-state index in [2.05, 4.69) is 4.90 Å². The number of hydrogen-bond acceptors (Lipinski definition) is 5. The first-order chi connectivity index (χ1) is 14.5. The fourth-order valence-electron chi connectivity index (χ4n) is 3.67. The highest BCUT2D eigenvalue weighted by molar-refractivity contribution is 6.16. The van der Waals surface area contributed by atoms with Crippen molar-refractivity contribution in [3.63, 3.8) is 0 Å². The zero-order valence-corrected chi connectivity index (χ0v) is 16.8. The number of phenols is 1. The van der Waals surface area contributed by atoms with Crippen LogP contribution < -0.4 is 4.90 Å². The molecule has 1 saturated heterocycles. The molecule has 1 N–H and O–H groups in total. The summed E-state index contributed by atoms with van der Waals surface area (Å²) in [5.41, 5.74) is 3.30. The molecule has 0 aliphatic carbocycles. The molecule has 0 saturated carbocycles. The Kier molecular flexibility index (Phi) is 5.63. The number of hydrogen-bond donors (Lipinski definition) is 1. The molecule has 0 amide bonds. The number of carbonyl (C=O) groups excluding carboxylic acids is 2. The Labute approximate surface area is 175 Å². The number of carbonyl (C=O) groups is 2. The maximum atomic E-state index is 13.3. The van der Waals surface area contributed by atoms with Crippen molar-refractivity contribution in [2.75, 3.05) is 31.2 Å². The van der Waals surface area contributed by atoms with E-state index in [0.717, 1.165) is 11.3 Å². The number of phenolic OH excluding ortho intramolecular Hbond substituents is 1. The maximum Gasteiger partial charge on any atom is 0.196 e. The number of aromatic hydroxyl groups is 1. The molecule has 1 aliphatic heterocycles. The van der Waals surface area contributed by atoms with Gasteiger partial charge in [-0.2, -0.15) is 0 Å². The second-order valence-electron chi connectivity index (χ2n) is 7.38. The van der Waals surface area contributed by atoms with Crippen LogP contribution in [0.15, 0.2) is 66.7 Å². The monoisotopic (exact) mass is 401 g/mol. The van der Waals surface area contributed by atoms with Gasteiger partial charge in [-0.15, -0.1) is 0 Å². The third kappa shape index (κ3) is 3.98. The molecule has 1 fully saturated rings. The second kappa shape index (κ2) is 8.51. The standard InChI is InChI=1S/C25H23NO4/c1-17-7-10-23(27)21(15-17)25(29)19-8-9-22(26-11-13-30-14-12-26)20(16-19)24(28)18-5-3-2-4-6-18/h2-10,15-16,27H,11-14H2,1H3. The van der Waals surface area contributed by atoms with Gasteiger partial charge in [-0.1, -0.05) is 42.0 Å². The molecule has 1 heterocycles. The lowest BCUT2D eigenvalue weighted by Gasteiger charge is -2.30. The molecule has 5 heteroatoms. The summed E-state index contributed by atoms with van der Waals surface area (Å²) in [6, 6.07) is 19.1. The highest BCUT2D eigenvalue weighted by Gasteiger charge is 2.23. The lowest BCUT2D eigenvalue weighted by Crippen LogP contribution is -2.37. The Hall–Kier alpha value is -3.44. The van der Waals surface area contributed by atoms with Crippen molar-refractivity contribution < 1.29 is 19.4 Å². The van der Waals surface area contributed by atoms with Gasteiger partial charge in [0.05, 0.1) is 18.8 Å². The molecule has 0 radical (unpaired) electrons. The van der Waals surface area contributed by atoms with E-state index in [-0.39, 0.29) is 22.9 Å². The average molecular weight is 401 g/mol. The van der Waals surface area contributed by atoms with Crippen molar-refractivity contribution in [1.82, 2.24) is 0 Å². The minimum absolute atomic E-state index is 0.0706. The summed E-state index contributed by atoms with van der Waals surface area (Å²) < 4.78 is 5.44. The lowest BCUT2D eigenvalue weighted by atomic mass is 9.94. The Balaban J connectivity index is 1.79. The van der Waals surface area contributed by atoms with Gasteiger partial charge in [0.2, 0.25) is 0 Å². The molecule has 1 aliphatic rings. The maximum absolute atomic E-state index is 13.3. The summed E-state index contributed by atoms with van der Waals surface area (Å²) in [7, 11) is 0. The van der Waals surface area contributed by atoms with Gasteiger partial charge in [0.15, 0.2) is 11.6 Å². The number of aryl methyl sites for hydroxylation is 1. The molecular weight excluding hydrogens is 378 g/mol. The lowest BCUT2D eigenvalue weighted by molar-refractivity contribution is 0.103. The van der Waals surface area contributed by atoms with Crippen LogP contribution in [0.5, 0.6) is 5.75 Å².